The van der Waals surface area contributed by atoms with E-state index in [1.165, 1.54) is 5.56 Å². The Bertz CT molecular complexity index is 364. The molecule has 1 atom stereocenters. The molecule has 102 valence electrons. The summed E-state index contributed by atoms with van der Waals surface area (Å²) in [5, 5.41) is 0.409. The Balaban J connectivity index is 2.76. The average Bonchev–Trinajstić information content (AvgIpc) is 2.27. The number of rotatable bonds is 4. The molecule has 1 rings (SSSR count). The van der Waals surface area contributed by atoms with Crippen molar-refractivity contribution in [1.29, 1.82) is 0 Å². The molecule has 1 unspecified atom stereocenters. The van der Waals surface area contributed by atoms with E-state index in [1.54, 1.807) is 0 Å². The van der Waals surface area contributed by atoms with Crippen molar-refractivity contribution >= 4 is 8.24 Å². The van der Waals surface area contributed by atoms with Gasteiger partial charge in [-0.1, -0.05) is 64.2 Å². The Hall–Kier alpha value is -0.603. The van der Waals surface area contributed by atoms with Gasteiger partial charge < -0.3 is 4.57 Å². The van der Waals surface area contributed by atoms with E-state index < -0.39 is 8.24 Å². The summed E-state index contributed by atoms with van der Waals surface area (Å²) in [6.07, 6.45) is 1.14. The number of hydrogen-bond donors (Lipinski definition) is 0. The van der Waals surface area contributed by atoms with Crippen LogP contribution in [0.3, 0.4) is 0 Å². The lowest BCUT2D eigenvalue weighted by Gasteiger charge is -2.47. The van der Waals surface area contributed by atoms with E-state index in [0.29, 0.717) is 11.1 Å². The third-order valence-electron chi connectivity index (χ3n) is 4.75. The number of likely N-dealkylation sites (N-methyl/N-ethyl adjacent to an activating group) is 1. The molecule has 0 aliphatic carbocycles. The van der Waals surface area contributed by atoms with E-state index >= 15 is 0 Å². The summed E-state index contributed by atoms with van der Waals surface area (Å²) in [7, 11) is 0.919. The maximum atomic E-state index is 2.65. The summed E-state index contributed by atoms with van der Waals surface area (Å²) in [5.41, 5.74) is 1.44. The molecule has 18 heavy (non-hydrogen) atoms. The van der Waals surface area contributed by atoms with Gasteiger partial charge in [-0.3, -0.25) is 0 Å². The lowest BCUT2D eigenvalue weighted by atomic mass is 10.1. The van der Waals surface area contributed by atoms with Crippen molar-refractivity contribution in [2.45, 2.75) is 58.3 Å². The minimum atomic E-state index is -1.39. The number of nitrogens with zero attached hydrogens (tertiary/aromatic N) is 1. The van der Waals surface area contributed by atoms with Gasteiger partial charge in [-0.15, -0.1) is 0 Å². The maximum absolute atomic E-state index is 2.65. The summed E-state index contributed by atoms with van der Waals surface area (Å²) in [6, 6.07) is 11.4. The second-order valence-electron chi connectivity index (χ2n) is 6.96. The van der Waals surface area contributed by atoms with Crippen LogP contribution in [0.4, 0.5) is 0 Å². The molecule has 0 saturated heterocycles. The van der Waals surface area contributed by atoms with Crippen molar-refractivity contribution < 1.29 is 0 Å². The molecule has 0 bridgehead atoms. The summed E-state index contributed by atoms with van der Waals surface area (Å²) < 4.78 is 2.65. The summed E-state index contributed by atoms with van der Waals surface area (Å²) in [6.45, 7) is 14.5. The van der Waals surface area contributed by atoms with Crippen LogP contribution in [0.5, 0.6) is 0 Å². The molecule has 0 N–H and O–H groups in total. The Morgan fingerprint density at radius 3 is 2.06 bits per heavy atom. The quantitative estimate of drug-likeness (QED) is 0.720. The molecule has 0 aliphatic rings. The lowest BCUT2D eigenvalue weighted by molar-refractivity contribution is 0.371. The first kappa shape index (κ1) is 15.5. The highest BCUT2D eigenvalue weighted by molar-refractivity contribution is 6.77. The van der Waals surface area contributed by atoms with E-state index in [9.17, 15) is 0 Å². The minimum absolute atomic E-state index is 0.409. The highest BCUT2D eigenvalue weighted by Crippen LogP contribution is 2.38. The zero-order valence-corrected chi connectivity index (χ0v) is 14.1. The average molecular weight is 264 g/mol. The first-order valence-electron chi connectivity index (χ1n) is 6.93. The fraction of sp³-hybridized carbons (Fsp3) is 0.625. The minimum Gasteiger partial charge on any atom is -0.323 e. The Morgan fingerprint density at radius 1 is 1.11 bits per heavy atom. The molecule has 1 nitrogen and oxygen atoms in total. The second kappa shape index (κ2) is 5.58. The molecule has 1 aromatic rings. The fourth-order valence-corrected chi connectivity index (χ4v) is 4.42. The summed E-state index contributed by atoms with van der Waals surface area (Å²) in [4.78, 5) is 0. The van der Waals surface area contributed by atoms with Crippen LogP contribution in [-0.2, 0) is 6.42 Å². The van der Waals surface area contributed by atoms with Gasteiger partial charge in [0, 0.05) is 6.04 Å². The third-order valence-corrected chi connectivity index (χ3v) is 10.6. The van der Waals surface area contributed by atoms with E-state index in [4.69, 9.17) is 0 Å². The van der Waals surface area contributed by atoms with Gasteiger partial charge in [0.25, 0.3) is 0 Å². The third kappa shape index (κ3) is 3.45. The predicted octanol–water partition coefficient (Wildman–Crippen LogP) is 4.55. The van der Waals surface area contributed by atoms with Crippen LogP contribution in [0.1, 0.15) is 33.3 Å². The first-order valence-corrected chi connectivity index (χ1v) is 9.88. The van der Waals surface area contributed by atoms with Gasteiger partial charge >= 0.3 is 0 Å². The highest BCUT2D eigenvalue weighted by atomic mass is 28.3. The summed E-state index contributed by atoms with van der Waals surface area (Å²) in [5.74, 6) is 0. The van der Waals surface area contributed by atoms with Crippen LogP contribution in [-0.4, -0.2) is 25.9 Å². The van der Waals surface area contributed by atoms with Gasteiger partial charge in [-0.05, 0) is 31.0 Å². The zero-order valence-electron chi connectivity index (χ0n) is 13.1. The van der Waals surface area contributed by atoms with Crippen LogP contribution in [0.15, 0.2) is 30.3 Å². The van der Waals surface area contributed by atoms with E-state index in [1.807, 2.05) is 0 Å². The summed E-state index contributed by atoms with van der Waals surface area (Å²) >= 11 is 0. The van der Waals surface area contributed by atoms with Crippen molar-refractivity contribution in [3.8, 4) is 0 Å². The Morgan fingerprint density at radius 2 is 1.61 bits per heavy atom. The van der Waals surface area contributed by atoms with E-state index in [2.05, 4.69) is 82.7 Å². The molecule has 0 saturated carbocycles. The molecule has 0 heterocycles. The van der Waals surface area contributed by atoms with Crippen LogP contribution in [0.2, 0.25) is 18.1 Å². The molecule has 2 heteroatoms. The van der Waals surface area contributed by atoms with Gasteiger partial charge in [-0.25, -0.2) is 0 Å². The fourth-order valence-electron chi connectivity index (χ4n) is 2.17. The number of hydrogen-bond acceptors (Lipinski definition) is 1. The van der Waals surface area contributed by atoms with Gasteiger partial charge in [0.15, 0.2) is 0 Å². The standard InChI is InChI=1S/C16H29NSi/c1-14(13-15-11-9-8-10-12-15)17(5)18(6,7)16(2,3)4/h8-12,14H,13H2,1-7H3. The van der Waals surface area contributed by atoms with Gasteiger partial charge in [0.2, 0.25) is 0 Å². The van der Waals surface area contributed by atoms with Crippen molar-refractivity contribution in [2.75, 3.05) is 7.05 Å². The van der Waals surface area contributed by atoms with E-state index in [-0.39, 0.29) is 0 Å². The molecule has 0 amide bonds. The maximum Gasteiger partial charge on any atom is 0.127 e. The lowest BCUT2D eigenvalue weighted by Crippen LogP contribution is -2.56. The largest absolute Gasteiger partial charge is 0.323 e. The second-order valence-corrected chi connectivity index (χ2v) is 12.3. The van der Waals surface area contributed by atoms with Crippen molar-refractivity contribution in [3.05, 3.63) is 35.9 Å². The molecule has 1 aromatic carbocycles. The number of benzene rings is 1. The smallest absolute Gasteiger partial charge is 0.127 e. The Kier molecular flexibility index (Phi) is 4.79. The van der Waals surface area contributed by atoms with Crippen LogP contribution in [0, 0.1) is 0 Å². The van der Waals surface area contributed by atoms with Crippen LogP contribution in [0.25, 0.3) is 0 Å². The Labute approximate surface area is 114 Å². The molecular formula is C16H29NSi. The van der Waals surface area contributed by atoms with Gasteiger partial charge in [-0.2, -0.15) is 0 Å². The SMILES string of the molecule is CC(Cc1ccccc1)N(C)[Si](C)(C)C(C)(C)C. The van der Waals surface area contributed by atoms with E-state index in [0.717, 1.165) is 6.42 Å². The molecule has 0 fully saturated rings. The van der Waals surface area contributed by atoms with Crippen LogP contribution >= 0.6 is 0 Å². The molecule has 0 radical (unpaired) electrons. The molecule has 0 aromatic heterocycles. The normalized spacial score (nSPS) is 14.9. The predicted molar refractivity (Wildman–Crippen MR) is 84.6 cm³/mol. The molecule has 0 aliphatic heterocycles. The topological polar surface area (TPSA) is 3.24 Å². The monoisotopic (exact) mass is 263 g/mol. The molecular weight excluding hydrogens is 234 g/mol. The van der Waals surface area contributed by atoms with Crippen LogP contribution < -0.4 is 0 Å². The first-order chi connectivity index (χ1) is 8.16. The van der Waals surface area contributed by atoms with Crippen molar-refractivity contribution in [3.63, 3.8) is 0 Å². The van der Waals surface area contributed by atoms with Crippen molar-refractivity contribution in [2.24, 2.45) is 0 Å². The zero-order chi connectivity index (χ0) is 14.0. The van der Waals surface area contributed by atoms with Gasteiger partial charge in [0.1, 0.15) is 8.24 Å². The van der Waals surface area contributed by atoms with Crippen molar-refractivity contribution in [1.82, 2.24) is 4.57 Å². The highest BCUT2D eigenvalue weighted by Gasteiger charge is 2.40. The van der Waals surface area contributed by atoms with Gasteiger partial charge in [0.05, 0.1) is 0 Å². The molecule has 0 spiro atoms.